The molecular formula is C128H102N2O6. The lowest BCUT2D eigenvalue weighted by Gasteiger charge is -2.17. The molecule has 14 aromatic carbocycles. The molecule has 0 atom stereocenters. The third-order valence-corrected chi connectivity index (χ3v) is 22.0. The van der Waals surface area contributed by atoms with E-state index in [0.717, 1.165) is 171 Å². The largest absolute Gasteiger partial charge is 0.491 e. The van der Waals surface area contributed by atoms with Crippen molar-refractivity contribution in [3.63, 3.8) is 0 Å². The fraction of sp³-hybridized carbons (Fsp3) is 0.172. The molecule has 0 N–H and O–H groups in total. The zero-order valence-corrected chi connectivity index (χ0v) is 76.4. The SMILES string of the molecule is O=C(OCCCCCCCCCCCOc1c(C#Cc2ccccc2)c(C#Cc2ccccc2)c(C#Cc2ccccc2)c(C#Cc2ccccc2)c1C#Cc1ccccc1)c1ccc(N=Nc2ccc(C(=O)OCCCCCCCCCCCOc3c(C#Cc4ccccc4)c(C#Cc4ccccc4)c(C#Cc4ccccc4)c(C#Cc4ccccc4)c3C#Cc3ccccc3)cc2)cc1. The van der Waals surface area contributed by atoms with E-state index >= 15 is 0 Å². The molecule has 0 heterocycles. The van der Waals surface area contributed by atoms with E-state index in [1.807, 2.05) is 303 Å². The predicted octanol–water partition coefficient (Wildman–Crippen LogP) is 27.6. The maximum absolute atomic E-state index is 13.1. The average molecular weight is 1760 g/mol. The molecule has 0 amide bonds. The van der Waals surface area contributed by atoms with Gasteiger partial charge in [-0.1, -0.05) is 390 Å². The minimum Gasteiger partial charge on any atom is -0.491 e. The molecule has 0 fully saturated rings. The van der Waals surface area contributed by atoms with E-state index < -0.39 is 0 Å². The lowest BCUT2D eigenvalue weighted by atomic mass is 9.89. The van der Waals surface area contributed by atoms with Gasteiger partial charge in [0.2, 0.25) is 0 Å². The molecule has 0 radical (unpaired) electrons. The third-order valence-electron chi connectivity index (χ3n) is 22.0. The molecule has 0 aromatic heterocycles. The van der Waals surface area contributed by atoms with E-state index in [4.69, 9.17) is 18.9 Å². The molecule has 0 bridgehead atoms. The molecule has 0 aliphatic rings. The normalized spacial score (nSPS) is 10.1. The molecule has 14 rings (SSSR count). The van der Waals surface area contributed by atoms with Gasteiger partial charge in [-0.25, -0.2) is 9.59 Å². The van der Waals surface area contributed by atoms with E-state index in [1.165, 1.54) is 0 Å². The molecule has 0 saturated carbocycles. The van der Waals surface area contributed by atoms with Crippen LogP contribution in [0.25, 0.3) is 0 Å². The van der Waals surface area contributed by atoms with Gasteiger partial charge in [0.05, 0.1) is 105 Å². The average Bonchev–Trinajstić information content (AvgIpc) is 0.765. The Hall–Kier alpha value is -17.2. The number of ether oxygens (including phenoxy) is 4. The van der Waals surface area contributed by atoms with Gasteiger partial charge >= 0.3 is 11.9 Å². The van der Waals surface area contributed by atoms with Crippen molar-refractivity contribution in [2.24, 2.45) is 10.2 Å². The second kappa shape index (κ2) is 53.8. The first-order chi connectivity index (χ1) is 67.4. The smallest absolute Gasteiger partial charge is 0.338 e. The minimum absolute atomic E-state index is 0.345. The van der Waals surface area contributed by atoms with Crippen LogP contribution in [0.3, 0.4) is 0 Å². The van der Waals surface area contributed by atoms with Crippen molar-refractivity contribution in [1.29, 1.82) is 0 Å². The fourth-order valence-electron chi connectivity index (χ4n) is 14.7. The summed E-state index contributed by atoms with van der Waals surface area (Å²) in [7, 11) is 0. The van der Waals surface area contributed by atoms with Gasteiger partial charge in [0.15, 0.2) is 11.5 Å². The minimum atomic E-state index is -0.376. The third kappa shape index (κ3) is 30.7. The van der Waals surface area contributed by atoms with Crippen LogP contribution in [-0.2, 0) is 9.47 Å². The maximum atomic E-state index is 13.1. The summed E-state index contributed by atoms with van der Waals surface area (Å²) in [5, 5.41) is 8.76. The van der Waals surface area contributed by atoms with Crippen LogP contribution in [0.1, 0.15) is 248 Å². The number of hydrogen-bond donors (Lipinski definition) is 0. The highest BCUT2D eigenvalue weighted by molar-refractivity contribution is 5.90. The Balaban J connectivity index is 0.507. The van der Waals surface area contributed by atoms with E-state index in [2.05, 4.69) is 129 Å². The van der Waals surface area contributed by atoms with Gasteiger partial charge in [-0.05, 0) is 196 Å². The molecule has 0 spiro atoms. The first-order valence-corrected chi connectivity index (χ1v) is 46.8. The first-order valence-electron chi connectivity index (χ1n) is 46.8. The second-order valence-corrected chi connectivity index (χ2v) is 32.2. The van der Waals surface area contributed by atoms with Crippen molar-refractivity contribution in [1.82, 2.24) is 0 Å². The number of benzene rings is 14. The topological polar surface area (TPSA) is 95.8 Å². The Morgan fingerprint density at radius 1 is 0.169 bits per heavy atom. The molecule has 136 heavy (non-hydrogen) atoms. The summed E-state index contributed by atoms with van der Waals surface area (Å²) in [6.45, 7) is 1.54. The number of rotatable bonds is 30. The van der Waals surface area contributed by atoms with Gasteiger partial charge in [-0.3, -0.25) is 0 Å². The van der Waals surface area contributed by atoms with Gasteiger partial charge in [0.25, 0.3) is 0 Å². The van der Waals surface area contributed by atoms with Crippen LogP contribution in [0.15, 0.2) is 362 Å². The summed E-state index contributed by atoms with van der Waals surface area (Å²) < 4.78 is 25.4. The Kier molecular flexibility index (Phi) is 37.6. The first kappa shape index (κ1) is 94.9. The number of unbranched alkanes of at least 4 members (excludes halogenated alkanes) is 16. The van der Waals surface area contributed by atoms with Crippen molar-refractivity contribution in [2.45, 2.75) is 116 Å². The van der Waals surface area contributed by atoms with Gasteiger partial charge in [-0.2, -0.15) is 10.2 Å². The molecule has 8 nitrogen and oxygen atoms in total. The van der Waals surface area contributed by atoms with E-state index in [1.54, 1.807) is 48.5 Å². The van der Waals surface area contributed by atoms with Crippen LogP contribution in [0, 0.1) is 118 Å². The number of nitrogens with zero attached hydrogens (tertiary/aromatic N) is 2. The maximum Gasteiger partial charge on any atom is 0.338 e. The van der Waals surface area contributed by atoms with Crippen LogP contribution < -0.4 is 9.47 Å². The number of esters is 2. The molecule has 660 valence electrons. The summed E-state index contributed by atoms with van der Waals surface area (Å²) in [4.78, 5) is 26.2. The lowest BCUT2D eigenvalue weighted by Crippen LogP contribution is -2.08. The molecule has 0 aliphatic carbocycles. The van der Waals surface area contributed by atoms with Crippen molar-refractivity contribution < 1.29 is 28.5 Å². The molecule has 0 aliphatic heterocycles. The van der Waals surface area contributed by atoms with Crippen LogP contribution in [0.2, 0.25) is 0 Å². The quantitative estimate of drug-likeness (QED) is 0.0193. The number of azo groups is 1. The van der Waals surface area contributed by atoms with Crippen LogP contribution in [-0.4, -0.2) is 38.4 Å². The highest BCUT2D eigenvalue weighted by Crippen LogP contribution is 2.37. The van der Waals surface area contributed by atoms with E-state index in [-0.39, 0.29) is 11.9 Å². The summed E-state index contributed by atoms with van der Waals surface area (Å²) in [6.07, 6.45) is 17.9. The van der Waals surface area contributed by atoms with Crippen LogP contribution >= 0.6 is 0 Å². The zero-order chi connectivity index (χ0) is 93.1. The van der Waals surface area contributed by atoms with Crippen molar-refractivity contribution >= 4 is 23.3 Å². The van der Waals surface area contributed by atoms with Gasteiger partial charge in [0.1, 0.15) is 0 Å². The van der Waals surface area contributed by atoms with Crippen LogP contribution in [0.4, 0.5) is 11.4 Å². The molecule has 14 aromatic rings. The predicted molar refractivity (Wildman–Crippen MR) is 549 cm³/mol. The monoisotopic (exact) mass is 1760 g/mol. The molecular weight excluding hydrogens is 1660 g/mol. The number of hydrogen-bond acceptors (Lipinski definition) is 8. The van der Waals surface area contributed by atoms with Crippen molar-refractivity contribution in [3.8, 4) is 130 Å². The highest BCUT2D eigenvalue weighted by Gasteiger charge is 2.25. The summed E-state index contributed by atoms with van der Waals surface area (Å²) >= 11 is 0. The van der Waals surface area contributed by atoms with Crippen molar-refractivity contribution in [2.75, 3.05) is 26.4 Å². The van der Waals surface area contributed by atoms with E-state index in [9.17, 15) is 9.59 Å². The van der Waals surface area contributed by atoms with Gasteiger partial charge in [0, 0.05) is 55.6 Å². The lowest BCUT2D eigenvalue weighted by molar-refractivity contribution is 0.0488. The summed E-state index contributed by atoms with van der Waals surface area (Å²) in [5.74, 6) is 70.2. The Labute approximate surface area is 802 Å². The number of carbonyl (C=O) groups is 2. The molecule has 8 heteroatoms. The Morgan fingerprint density at radius 3 is 0.507 bits per heavy atom. The summed E-state index contributed by atoms with van der Waals surface area (Å²) in [5.41, 5.74) is 16.6. The van der Waals surface area contributed by atoms with Gasteiger partial charge < -0.3 is 18.9 Å². The van der Waals surface area contributed by atoms with Crippen LogP contribution in [0.5, 0.6) is 11.5 Å². The molecule has 0 saturated heterocycles. The van der Waals surface area contributed by atoms with Gasteiger partial charge in [-0.15, -0.1) is 0 Å². The summed E-state index contributed by atoms with van der Waals surface area (Å²) in [6, 6.07) is 113. The van der Waals surface area contributed by atoms with E-state index in [0.29, 0.717) is 116 Å². The zero-order valence-electron chi connectivity index (χ0n) is 76.4. The number of carbonyl (C=O) groups excluding carboxylic acids is 2. The Bertz CT molecular complexity index is 6340. The Morgan fingerprint density at radius 2 is 0.324 bits per heavy atom. The second-order valence-electron chi connectivity index (χ2n) is 32.2. The molecule has 0 unspecified atom stereocenters. The highest BCUT2D eigenvalue weighted by atomic mass is 16.5. The standard InChI is InChI=1S/C128H102N2O6/c131-127(135-99-47-13-9-5-1-3-7-11-45-97-133-125-121(93-75-107-61-37-21-38-62-107)117(89-71-103-53-29-17-30-54-103)115(87-69-101-49-25-15-26-50-101)118(90-72-104-55-31-18-32-56-104)122(125)94-76-108-63-39-22-40-64-108)111-79-83-113(84-80-111)129-130-114-85-81-112(82-86-114)128(132)136-100-48-14-10-6-2-4-8-12-46-98-134-126-123(95-77-109-65-41-23-42-66-109)119(91-73-105-57-33-19-34-58-105)116(88-70-102-51-27-16-28-52-102)120(92-74-106-59-35-20-36-60-106)124(126)96-78-110-67-43-24-44-68-110/h15-44,49-68,79-86H,1-14,45-48,97-100H2. The van der Waals surface area contributed by atoms with Crippen molar-refractivity contribution in [3.05, 3.63) is 474 Å². The fourth-order valence-corrected chi connectivity index (χ4v) is 14.7.